The quantitative estimate of drug-likeness (QED) is 0.902. The number of aliphatic hydroxyl groups excluding tert-OH is 1. The van der Waals surface area contributed by atoms with Crippen LogP contribution in [-0.2, 0) is 0 Å². The highest BCUT2D eigenvalue weighted by molar-refractivity contribution is 6.32. The summed E-state index contributed by atoms with van der Waals surface area (Å²) in [5.74, 6) is 1.04. The molecule has 1 aromatic carbocycles. The molecule has 0 saturated carbocycles. The molecule has 2 aromatic rings. The van der Waals surface area contributed by atoms with E-state index in [0.717, 1.165) is 36.4 Å². The second-order valence-electron chi connectivity index (χ2n) is 4.61. The monoisotopic (exact) mass is 263 g/mol. The first-order chi connectivity index (χ1) is 8.78. The van der Waals surface area contributed by atoms with Crippen LogP contribution in [0.5, 0.6) is 0 Å². The van der Waals surface area contributed by atoms with Crippen molar-refractivity contribution in [3.8, 4) is 0 Å². The Balaban J connectivity index is 1.99. The summed E-state index contributed by atoms with van der Waals surface area (Å²) in [6.45, 7) is 1.89. The summed E-state index contributed by atoms with van der Waals surface area (Å²) in [6.07, 6.45) is 0.974. The second-order valence-corrected chi connectivity index (χ2v) is 4.97. The fourth-order valence-electron chi connectivity index (χ4n) is 2.34. The molecule has 1 aliphatic heterocycles. The summed E-state index contributed by atoms with van der Waals surface area (Å²) in [4.78, 5) is 11.0. The standard InChI is InChI=1S/C13H14ClN3O/c14-12-13(17-6-5-9(7-17)8-18)16-11-4-2-1-3-10(11)15-12/h1-4,9,18H,5-8H2/t9-/m0/s1. The highest BCUT2D eigenvalue weighted by Gasteiger charge is 2.25. The Bertz CT molecular complexity index is 575. The first kappa shape index (κ1) is 11.7. The van der Waals surface area contributed by atoms with Gasteiger partial charge in [0.1, 0.15) is 0 Å². The summed E-state index contributed by atoms with van der Waals surface area (Å²) < 4.78 is 0. The molecule has 3 rings (SSSR count). The van der Waals surface area contributed by atoms with Crippen molar-refractivity contribution in [2.45, 2.75) is 6.42 Å². The number of fused-ring (bicyclic) bond motifs is 1. The van der Waals surface area contributed by atoms with Gasteiger partial charge in [0.15, 0.2) is 11.0 Å². The summed E-state index contributed by atoms with van der Waals surface area (Å²) in [5, 5.41) is 9.61. The number of hydrogen-bond acceptors (Lipinski definition) is 4. The number of anilines is 1. The van der Waals surface area contributed by atoms with Gasteiger partial charge in [0, 0.05) is 25.6 Å². The van der Waals surface area contributed by atoms with Gasteiger partial charge in [-0.15, -0.1) is 0 Å². The van der Waals surface area contributed by atoms with E-state index >= 15 is 0 Å². The average molecular weight is 264 g/mol. The molecule has 1 fully saturated rings. The van der Waals surface area contributed by atoms with Gasteiger partial charge in [-0.1, -0.05) is 23.7 Å². The van der Waals surface area contributed by atoms with Crippen molar-refractivity contribution in [2.24, 2.45) is 5.92 Å². The lowest BCUT2D eigenvalue weighted by molar-refractivity contribution is 0.238. The van der Waals surface area contributed by atoms with E-state index in [1.807, 2.05) is 24.3 Å². The van der Waals surface area contributed by atoms with Crippen LogP contribution < -0.4 is 4.90 Å². The minimum absolute atomic E-state index is 0.217. The fraction of sp³-hybridized carbons (Fsp3) is 0.385. The van der Waals surface area contributed by atoms with Gasteiger partial charge in [0.2, 0.25) is 0 Å². The van der Waals surface area contributed by atoms with Crippen LogP contribution in [0.3, 0.4) is 0 Å². The van der Waals surface area contributed by atoms with Crippen LogP contribution in [-0.4, -0.2) is 34.8 Å². The normalized spacial score (nSPS) is 19.7. The smallest absolute Gasteiger partial charge is 0.172 e. The summed E-state index contributed by atoms with van der Waals surface area (Å²) >= 11 is 6.20. The Morgan fingerprint density at radius 3 is 2.67 bits per heavy atom. The van der Waals surface area contributed by atoms with Crippen LogP contribution in [0.4, 0.5) is 5.82 Å². The molecule has 4 nitrogen and oxygen atoms in total. The lowest BCUT2D eigenvalue weighted by Gasteiger charge is -2.18. The maximum absolute atomic E-state index is 9.18. The maximum Gasteiger partial charge on any atom is 0.172 e. The molecule has 0 aliphatic carbocycles. The summed E-state index contributed by atoms with van der Waals surface area (Å²) in [6, 6.07) is 7.69. The van der Waals surface area contributed by atoms with E-state index in [1.54, 1.807) is 0 Å². The number of aliphatic hydroxyl groups is 1. The van der Waals surface area contributed by atoms with E-state index in [-0.39, 0.29) is 6.61 Å². The Morgan fingerprint density at radius 1 is 1.28 bits per heavy atom. The number of hydrogen-bond donors (Lipinski definition) is 1. The first-order valence-corrected chi connectivity index (χ1v) is 6.44. The van der Waals surface area contributed by atoms with Crippen molar-refractivity contribution in [2.75, 3.05) is 24.6 Å². The van der Waals surface area contributed by atoms with Crippen molar-refractivity contribution in [1.29, 1.82) is 0 Å². The Kier molecular flexibility index (Phi) is 3.06. The van der Waals surface area contributed by atoms with Crippen LogP contribution in [0, 0.1) is 5.92 Å². The number of benzene rings is 1. The van der Waals surface area contributed by atoms with Crippen LogP contribution in [0.15, 0.2) is 24.3 Å². The Morgan fingerprint density at radius 2 is 2.00 bits per heavy atom. The number of nitrogens with zero attached hydrogens (tertiary/aromatic N) is 3. The minimum atomic E-state index is 0.217. The highest BCUT2D eigenvalue weighted by atomic mass is 35.5. The molecular weight excluding hydrogens is 250 g/mol. The Hall–Kier alpha value is -1.39. The van der Waals surface area contributed by atoms with Gasteiger partial charge >= 0.3 is 0 Å². The van der Waals surface area contributed by atoms with Crippen molar-refractivity contribution < 1.29 is 5.11 Å². The van der Waals surface area contributed by atoms with Crippen LogP contribution in [0.2, 0.25) is 5.15 Å². The lowest BCUT2D eigenvalue weighted by Crippen LogP contribution is -2.22. The highest BCUT2D eigenvalue weighted by Crippen LogP contribution is 2.28. The fourth-order valence-corrected chi connectivity index (χ4v) is 2.60. The zero-order valence-corrected chi connectivity index (χ0v) is 10.6. The van der Waals surface area contributed by atoms with E-state index in [2.05, 4.69) is 14.9 Å². The predicted molar refractivity (Wildman–Crippen MR) is 72.0 cm³/mol. The molecule has 0 radical (unpaired) electrons. The molecule has 0 amide bonds. The van der Waals surface area contributed by atoms with Gasteiger partial charge in [-0.3, -0.25) is 0 Å². The predicted octanol–water partition coefficient (Wildman–Crippen LogP) is 2.10. The van der Waals surface area contributed by atoms with Crippen molar-refractivity contribution in [3.63, 3.8) is 0 Å². The number of rotatable bonds is 2. The third-order valence-corrected chi connectivity index (χ3v) is 3.61. The van der Waals surface area contributed by atoms with Gasteiger partial charge in [0.25, 0.3) is 0 Å². The molecule has 1 aromatic heterocycles. The van der Waals surface area contributed by atoms with Gasteiger partial charge in [-0.05, 0) is 18.6 Å². The first-order valence-electron chi connectivity index (χ1n) is 6.06. The zero-order chi connectivity index (χ0) is 12.5. The van der Waals surface area contributed by atoms with Gasteiger partial charge in [-0.2, -0.15) is 0 Å². The Labute approximate surface area is 110 Å². The number of halogens is 1. The molecule has 0 bridgehead atoms. The summed E-state index contributed by atoms with van der Waals surface area (Å²) in [5.41, 5.74) is 1.66. The van der Waals surface area contributed by atoms with E-state index in [4.69, 9.17) is 11.6 Å². The topological polar surface area (TPSA) is 49.2 Å². The van der Waals surface area contributed by atoms with Crippen molar-refractivity contribution in [1.82, 2.24) is 9.97 Å². The molecule has 5 heteroatoms. The third-order valence-electron chi connectivity index (χ3n) is 3.35. The average Bonchev–Trinajstić information content (AvgIpc) is 2.86. The lowest BCUT2D eigenvalue weighted by atomic mass is 10.1. The molecule has 0 spiro atoms. The van der Waals surface area contributed by atoms with Crippen molar-refractivity contribution in [3.05, 3.63) is 29.4 Å². The van der Waals surface area contributed by atoms with E-state index in [9.17, 15) is 5.11 Å². The van der Waals surface area contributed by atoms with Crippen molar-refractivity contribution >= 4 is 28.5 Å². The van der Waals surface area contributed by atoms with Gasteiger partial charge < -0.3 is 10.0 Å². The zero-order valence-electron chi connectivity index (χ0n) is 9.88. The molecule has 1 atom stereocenters. The molecule has 18 heavy (non-hydrogen) atoms. The van der Waals surface area contributed by atoms with Crippen LogP contribution in [0.1, 0.15) is 6.42 Å². The SMILES string of the molecule is OC[C@H]1CCN(c2nc3ccccc3nc2Cl)C1. The molecular formula is C13H14ClN3O. The largest absolute Gasteiger partial charge is 0.396 e. The van der Waals surface area contributed by atoms with Crippen LogP contribution >= 0.6 is 11.6 Å². The van der Waals surface area contributed by atoms with E-state index in [1.165, 1.54) is 0 Å². The number of para-hydroxylation sites is 2. The number of aromatic nitrogens is 2. The van der Waals surface area contributed by atoms with Crippen LogP contribution in [0.25, 0.3) is 11.0 Å². The molecule has 0 unspecified atom stereocenters. The van der Waals surface area contributed by atoms with Gasteiger partial charge in [0.05, 0.1) is 11.0 Å². The molecule has 1 aliphatic rings. The van der Waals surface area contributed by atoms with E-state index < -0.39 is 0 Å². The molecule has 1 saturated heterocycles. The maximum atomic E-state index is 9.18. The third kappa shape index (κ3) is 2.02. The van der Waals surface area contributed by atoms with Gasteiger partial charge in [-0.25, -0.2) is 9.97 Å². The second kappa shape index (κ2) is 4.71. The minimum Gasteiger partial charge on any atom is -0.396 e. The van der Waals surface area contributed by atoms with E-state index in [0.29, 0.717) is 11.1 Å². The molecule has 94 valence electrons. The summed E-state index contributed by atoms with van der Waals surface area (Å²) in [7, 11) is 0. The molecule has 1 N–H and O–H groups in total. The molecule has 2 heterocycles.